The van der Waals surface area contributed by atoms with Gasteiger partial charge in [0.1, 0.15) is 5.75 Å². The van der Waals surface area contributed by atoms with Gasteiger partial charge in [-0.2, -0.15) is 0 Å². The quantitative estimate of drug-likeness (QED) is 0.759. The van der Waals surface area contributed by atoms with Gasteiger partial charge in [-0.1, -0.05) is 6.92 Å². The molecule has 1 fully saturated rings. The van der Waals surface area contributed by atoms with Crippen molar-refractivity contribution in [2.45, 2.75) is 33.1 Å². The van der Waals surface area contributed by atoms with Crippen LogP contribution in [0.25, 0.3) is 0 Å². The molecule has 1 amide bonds. The highest BCUT2D eigenvalue weighted by molar-refractivity contribution is 5.92. The molecule has 0 saturated heterocycles. The van der Waals surface area contributed by atoms with E-state index in [9.17, 15) is 4.79 Å². The number of carbonyl (C=O) groups excluding carboxylic acids is 1. The van der Waals surface area contributed by atoms with Gasteiger partial charge in [-0.3, -0.25) is 9.69 Å². The van der Waals surface area contributed by atoms with E-state index in [0.29, 0.717) is 13.2 Å². The number of hydrogen-bond acceptors (Lipinski definition) is 3. The van der Waals surface area contributed by atoms with E-state index in [-0.39, 0.29) is 5.91 Å². The first-order valence-corrected chi connectivity index (χ1v) is 7.96. The molecule has 0 atom stereocenters. The fourth-order valence-corrected chi connectivity index (χ4v) is 2.42. The predicted molar refractivity (Wildman–Crippen MR) is 85.7 cm³/mol. The summed E-state index contributed by atoms with van der Waals surface area (Å²) in [6.07, 6.45) is 3.73. The smallest absolute Gasteiger partial charge is 0.238 e. The third-order valence-electron chi connectivity index (χ3n) is 3.57. The summed E-state index contributed by atoms with van der Waals surface area (Å²) < 4.78 is 5.39. The van der Waals surface area contributed by atoms with Crippen molar-refractivity contribution >= 4 is 11.6 Å². The third kappa shape index (κ3) is 5.76. The zero-order chi connectivity index (χ0) is 15.1. The van der Waals surface area contributed by atoms with Crippen molar-refractivity contribution in [3.8, 4) is 5.75 Å². The topological polar surface area (TPSA) is 41.6 Å². The average Bonchev–Trinajstić information content (AvgIpc) is 3.25. The molecule has 1 aromatic rings. The number of carbonyl (C=O) groups is 1. The minimum Gasteiger partial charge on any atom is -0.494 e. The van der Waals surface area contributed by atoms with Crippen LogP contribution in [0.3, 0.4) is 0 Å². The van der Waals surface area contributed by atoms with Crippen LogP contribution in [0.5, 0.6) is 5.75 Å². The van der Waals surface area contributed by atoms with Gasteiger partial charge < -0.3 is 10.1 Å². The molecular weight excluding hydrogens is 264 g/mol. The van der Waals surface area contributed by atoms with E-state index >= 15 is 0 Å². The Hall–Kier alpha value is -1.55. The Morgan fingerprint density at radius 2 is 2.00 bits per heavy atom. The molecule has 1 aromatic carbocycles. The molecular formula is C17H26N2O2. The summed E-state index contributed by atoms with van der Waals surface area (Å²) in [6.45, 7) is 7.30. The largest absolute Gasteiger partial charge is 0.494 e. The third-order valence-corrected chi connectivity index (χ3v) is 3.57. The molecule has 0 heterocycles. The summed E-state index contributed by atoms with van der Waals surface area (Å²) in [5, 5.41) is 2.96. The van der Waals surface area contributed by atoms with Gasteiger partial charge in [0.25, 0.3) is 0 Å². The van der Waals surface area contributed by atoms with Gasteiger partial charge in [0.05, 0.1) is 13.2 Å². The molecule has 21 heavy (non-hydrogen) atoms. The van der Waals surface area contributed by atoms with E-state index in [2.05, 4.69) is 17.1 Å². The maximum Gasteiger partial charge on any atom is 0.238 e. The van der Waals surface area contributed by atoms with Crippen LogP contribution in [0.4, 0.5) is 5.69 Å². The zero-order valence-corrected chi connectivity index (χ0v) is 13.1. The van der Waals surface area contributed by atoms with Gasteiger partial charge in [0.2, 0.25) is 5.91 Å². The monoisotopic (exact) mass is 290 g/mol. The maximum atomic E-state index is 12.1. The molecule has 0 spiro atoms. The van der Waals surface area contributed by atoms with Crippen molar-refractivity contribution in [3.05, 3.63) is 24.3 Å². The van der Waals surface area contributed by atoms with E-state index in [0.717, 1.165) is 36.9 Å². The Balaban J connectivity index is 1.81. The molecule has 0 bridgehead atoms. The molecule has 0 unspecified atom stereocenters. The second kappa shape index (κ2) is 8.03. The number of ether oxygens (including phenoxy) is 1. The Morgan fingerprint density at radius 1 is 1.29 bits per heavy atom. The van der Waals surface area contributed by atoms with Crippen LogP contribution >= 0.6 is 0 Å². The van der Waals surface area contributed by atoms with Gasteiger partial charge in [0.15, 0.2) is 0 Å². The van der Waals surface area contributed by atoms with Gasteiger partial charge in [-0.15, -0.1) is 0 Å². The van der Waals surface area contributed by atoms with E-state index in [1.165, 1.54) is 12.8 Å². The normalized spacial score (nSPS) is 14.2. The number of nitrogens with zero attached hydrogens (tertiary/aromatic N) is 1. The van der Waals surface area contributed by atoms with Crippen molar-refractivity contribution < 1.29 is 9.53 Å². The van der Waals surface area contributed by atoms with Gasteiger partial charge >= 0.3 is 0 Å². The number of benzene rings is 1. The maximum absolute atomic E-state index is 12.1. The molecule has 1 aliphatic carbocycles. The van der Waals surface area contributed by atoms with Crippen LogP contribution in [0.2, 0.25) is 0 Å². The van der Waals surface area contributed by atoms with Crippen molar-refractivity contribution in [2.24, 2.45) is 5.92 Å². The van der Waals surface area contributed by atoms with Crippen LogP contribution in [0.1, 0.15) is 33.1 Å². The van der Waals surface area contributed by atoms with E-state index in [1.54, 1.807) is 0 Å². The molecule has 116 valence electrons. The molecule has 0 aromatic heterocycles. The highest BCUT2D eigenvalue weighted by atomic mass is 16.5. The van der Waals surface area contributed by atoms with Crippen LogP contribution < -0.4 is 10.1 Å². The molecule has 2 rings (SSSR count). The molecule has 4 nitrogen and oxygen atoms in total. The summed E-state index contributed by atoms with van der Waals surface area (Å²) >= 11 is 0. The molecule has 1 N–H and O–H groups in total. The number of rotatable bonds is 9. The summed E-state index contributed by atoms with van der Waals surface area (Å²) in [5.74, 6) is 1.71. The SMILES string of the molecule is CCCN(CC(=O)Nc1ccc(OCC)cc1)CC1CC1. The Morgan fingerprint density at radius 3 is 2.57 bits per heavy atom. The Kier molecular flexibility index (Phi) is 6.05. The number of amides is 1. The lowest BCUT2D eigenvalue weighted by atomic mass is 10.3. The number of anilines is 1. The van der Waals surface area contributed by atoms with Crippen molar-refractivity contribution in [3.63, 3.8) is 0 Å². The van der Waals surface area contributed by atoms with Crippen molar-refractivity contribution in [2.75, 3.05) is 31.6 Å². The summed E-state index contributed by atoms with van der Waals surface area (Å²) in [4.78, 5) is 14.4. The standard InChI is InChI=1S/C17H26N2O2/c1-3-11-19(12-14-5-6-14)13-17(20)18-15-7-9-16(10-8-15)21-4-2/h7-10,14H,3-6,11-13H2,1-2H3,(H,18,20). The summed E-state index contributed by atoms with van der Waals surface area (Å²) in [6, 6.07) is 7.53. The summed E-state index contributed by atoms with van der Waals surface area (Å²) in [5.41, 5.74) is 0.825. The lowest BCUT2D eigenvalue weighted by molar-refractivity contribution is -0.117. The van der Waals surface area contributed by atoms with Gasteiger partial charge in [-0.25, -0.2) is 0 Å². The fourth-order valence-electron chi connectivity index (χ4n) is 2.42. The van der Waals surface area contributed by atoms with Crippen LogP contribution in [-0.2, 0) is 4.79 Å². The molecule has 0 radical (unpaired) electrons. The first-order valence-electron chi connectivity index (χ1n) is 7.96. The average molecular weight is 290 g/mol. The van der Waals surface area contributed by atoms with Crippen LogP contribution in [0, 0.1) is 5.92 Å². The number of nitrogens with one attached hydrogen (secondary N) is 1. The first kappa shape index (κ1) is 15.8. The fraction of sp³-hybridized carbons (Fsp3) is 0.588. The lowest BCUT2D eigenvalue weighted by Gasteiger charge is -2.20. The Bertz CT molecular complexity index is 441. The Labute approximate surface area is 127 Å². The second-order valence-corrected chi connectivity index (χ2v) is 5.68. The molecule has 0 aliphatic heterocycles. The van der Waals surface area contributed by atoms with Crippen molar-refractivity contribution in [1.82, 2.24) is 4.90 Å². The summed E-state index contributed by atoms with van der Waals surface area (Å²) in [7, 11) is 0. The van der Waals surface area contributed by atoms with E-state index in [4.69, 9.17) is 4.74 Å². The lowest BCUT2D eigenvalue weighted by Crippen LogP contribution is -2.35. The second-order valence-electron chi connectivity index (χ2n) is 5.68. The van der Waals surface area contributed by atoms with Gasteiger partial charge in [0, 0.05) is 12.2 Å². The van der Waals surface area contributed by atoms with Gasteiger partial charge in [-0.05, 0) is 62.9 Å². The molecule has 1 saturated carbocycles. The minimum atomic E-state index is 0.0632. The highest BCUT2D eigenvalue weighted by Gasteiger charge is 2.24. The first-order chi connectivity index (χ1) is 10.2. The number of hydrogen-bond donors (Lipinski definition) is 1. The predicted octanol–water partition coefficient (Wildman–Crippen LogP) is 3.15. The van der Waals surface area contributed by atoms with E-state index in [1.807, 2.05) is 31.2 Å². The van der Waals surface area contributed by atoms with Crippen molar-refractivity contribution in [1.29, 1.82) is 0 Å². The minimum absolute atomic E-state index is 0.0632. The highest BCUT2D eigenvalue weighted by Crippen LogP contribution is 2.29. The molecule has 4 heteroatoms. The van der Waals surface area contributed by atoms with E-state index < -0.39 is 0 Å². The van der Waals surface area contributed by atoms with Crippen LogP contribution in [0.15, 0.2) is 24.3 Å². The zero-order valence-electron chi connectivity index (χ0n) is 13.1. The van der Waals surface area contributed by atoms with Crippen LogP contribution in [-0.4, -0.2) is 37.0 Å². The molecule has 1 aliphatic rings.